The van der Waals surface area contributed by atoms with Gasteiger partial charge in [-0.05, 0) is 29.7 Å². The van der Waals surface area contributed by atoms with Crippen LogP contribution in [-0.2, 0) is 13.0 Å². The normalized spacial score (nSPS) is 10.1. The first-order chi connectivity index (χ1) is 7.88. The van der Waals surface area contributed by atoms with Gasteiger partial charge in [-0.1, -0.05) is 49.4 Å². The average Bonchev–Trinajstić information content (AvgIpc) is 2.38. The van der Waals surface area contributed by atoms with E-state index in [9.17, 15) is 0 Å². The fourth-order valence-corrected chi connectivity index (χ4v) is 1.72. The molecule has 0 saturated heterocycles. The van der Waals surface area contributed by atoms with Crippen LogP contribution < -0.4 is 5.32 Å². The second kappa shape index (κ2) is 5.36. The smallest absolute Gasteiger partial charge is 0.0400 e. The van der Waals surface area contributed by atoms with Crippen LogP contribution in [0, 0.1) is 0 Å². The first-order valence-electron chi connectivity index (χ1n) is 5.75. The molecule has 0 radical (unpaired) electrons. The fourth-order valence-electron chi connectivity index (χ4n) is 1.72. The van der Waals surface area contributed by atoms with Gasteiger partial charge < -0.3 is 5.32 Å². The van der Waals surface area contributed by atoms with E-state index in [4.69, 9.17) is 0 Å². The zero-order chi connectivity index (χ0) is 11.2. The number of hydrogen-bond acceptors (Lipinski definition) is 1. The number of hydrogen-bond donors (Lipinski definition) is 1. The van der Waals surface area contributed by atoms with E-state index in [1.807, 2.05) is 18.2 Å². The summed E-state index contributed by atoms with van der Waals surface area (Å²) in [5.74, 6) is 0. The van der Waals surface area contributed by atoms with Crippen LogP contribution >= 0.6 is 0 Å². The lowest BCUT2D eigenvalue weighted by molar-refractivity contribution is 1.09. The molecule has 0 aliphatic carbocycles. The standard InChI is InChI=1S/C15H17N/c1-2-13-7-6-8-14(11-13)12-16-15-9-4-3-5-10-15/h3-11,16H,2,12H2,1H3. The molecule has 0 heterocycles. The van der Waals surface area contributed by atoms with Gasteiger partial charge >= 0.3 is 0 Å². The lowest BCUT2D eigenvalue weighted by Crippen LogP contribution is -1.99. The molecule has 0 saturated carbocycles. The molecule has 0 fully saturated rings. The van der Waals surface area contributed by atoms with Gasteiger partial charge in [0.15, 0.2) is 0 Å². The second-order valence-electron chi connectivity index (χ2n) is 3.89. The van der Waals surface area contributed by atoms with Crippen molar-refractivity contribution in [2.75, 3.05) is 5.32 Å². The third-order valence-corrected chi connectivity index (χ3v) is 2.67. The average molecular weight is 211 g/mol. The van der Waals surface area contributed by atoms with Gasteiger partial charge in [-0.15, -0.1) is 0 Å². The SMILES string of the molecule is CCc1cccc(CNc2ccccc2)c1. The van der Waals surface area contributed by atoms with Gasteiger partial charge in [0.2, 0.25) is 0 Å². The molecule has 0 bridgehead atoms. The molecule has 1 nitrogen and oxygen atoms in total. The summed E-state index contributed by atoms with van der Waals surface area (Å²) in [6, 6.07) is 19.0. The van der Waals surface area contributed by atoms with Crippen LogP contribution in [0.2, 0.25) is 0 Å². The first kappa shape index (κ1) is 10.7. The van der Waals surface area contributed by atoms with E-state index >= 15 is 0 Å². The summed E-state index contributed by atoms with van der Waals surface area (Å²) in [5, 5.41) is 3.41. The maximum absolute atomic E-state index is 3.41. The topological polar surface area (TPSA) is 12.0 Å². The van der Waals surface area contributed by atoms with Gasteiger partial charge in [-0.25, -0.2) is 0 Å². The zero-order valence-corrected chi connectivity index (χ0v) is 9.61. The Hall–Kier alpha value is -1.76. The molecule has 2 rings (SSSR count). The highest BCUT2D eigenvalue weighted by molar-refractivity contribution is 5.43. The van der Waals surface area contributed by atoms with E-state index in [0.29, 0.717) is 0 Å². The number of para-hydroxylation sites is 1. The molecular weight excluding hydrogens is 194 g/mol. The Bertz CT molecular complexity index is 434. The van der Waals surface area contributed by atoms with Crippen molar-refractivity contribution in [2.45, 2.75) is 19.9 Å². The second-order valence-corrected chi connectivity index (χ2v) is 3.89. The molecule has 16 heavy (non-hydrogen) atoms. The van der Waals surface area contributed by atoms with Gasteiger partial charge in [-0.2, -0.15) is 0 Å². The number of anilines is 1. The Morgan fingerprint density at radius 3 is 2.38 bits per heavy atom. The van der Waals surface area contributed by atoms with Crippen molar-refractivity contribution >= 4 is 5.69 Å². The quantitative estimate of drug-likeness (QED) is 0.809. The molecule has 1 N–H and O–H groups in total. The van der Waals surface area contributed by atoms with Crippen molar-refractivity contribution in [3.05, 3.63) is 65.7 Å². The molecule has 82 valence electrons. The van der Waals surface area contributed by atoms with Gasteiger partial charge in [0.25, 0.3) is 0 Å². The van der Waals surface area contributed by atoms with Gasteiger partial charge in [0.05, 0.1) is 0 Å². The minimum Gasteiger partial charge on any atom is -0.381 e. The molecule has 0 atom stereocenters. The highest BCUT2D eigenvalue weighted by Gasteiger charge is 1.94. The van der Waals surface area contributed by atoms with Gasteiger partial charge in [0.1, 0.15) is 0 Å². The van der Waals surface area contributed by atoms with Gasteiger partial charge in [-0.3, -0.25) is 0 Å². The van der Waals surface area contributed by atoms with Crippen LogP contribution in [0.1, 0.15) is 18.1 Å². The summed E-state index contributed by atoms with van der Waals surface area (Å²) in [4.78, 5) is 0. The molecular formula is C15H17N. The summed E-state index contributed by atoms with van der Waals surface area (Å²) >= 11 is 0. The van der Waals surface area contributed by atoms with Crippen molar-refractivity contribution in [1.29, 1.82) is 0 Å². The number of nitrogens with one attached hydrogen (secondary N) is 1. The summed E-state index contributed by atoms with van der Waals surface area (Å²) in [6.45, 7) is 3.07. The number of benzene rings is 2. The van der Waals surface area contributed by atoms with E-state index in [0.717, 1.165) is 13.0 Å². The minimum absolute atomic E-state index is 0.887. The lowest BCUT2D eigenvalue weighted by Gasteiger charge is -2.07. The zero-order valence-electron chi connectivity index (χ0n) is 9.61. The van der Waals surface area contributed by atoms with E-state index < -0.39 is 0 Å². The monoisotopic (exact) mass is 211 g/mol. The maximum atomic E-state index is 3.41. The largest absolute Gasteiger partial charge is 0.381 e. The molecule has 0 aromatic heterocycles. The van der Waals surface area contributed by atoms with Crippen LogP contribution in [0.15, 0.2) is 54.6 Å². The Morgan fingerprint density at radius 2 is 1.62 bits per heavy atom. The van der Waals surface area contributed by atoms with E-state index in [-0.39, 0.29) is 0 Å². The summed E-state index contributed by atoms with van der Waals surface area (Å²) in [7, 11) is 0. The van der Waals surface area contributed by atoms with Crippen molar-refractivity contribution < 1.29 is 0 Å². The van der Waals surface area contributed by atoms with Crippen LogP contribution in [-0.4, -0.2) is 0 Å². The molecule has 0 spiro atoms. The lowest BCUT2D eigenvalue weighted by atomic mass is 10.1. The number of aryl methyl sites for hydroxylation is 1. The van der Waals surface area contributed by atoms with E-state index in [2.05, 4.69) is 48.6 Å². The Kier molecular flexibility index (Phi) is 3.60. The highest BCUT2D eigenvalue weighted by atomic mass is 14.9. The molecule has 0 amide bonds. The predicted molar refractivity (Wildman–Crippen MR) is 69.6 cm³/mol. The third-order valence-electron chi connectivity index (χ3n) is 2.67. The van der Waals surface area contributed by atoms with Gasteiger partial charge in [0, 0.05) is 12.2 Å². The van der Waals surface area contributed by atoms with Crippen molar-refractivity contribution in [1.82, 2.24) is 0 Å². The highest BCUT2D eigenvalue weighted by Crippen LogP contribution is 2.10. The summed E-state index contributed by atoms with van der Waals surface area (Å²) < 4.78 is 0. The molecule has 2 aromatic rings. The summed E-state index contributed by atoms with van der Waals surface area (Å²) in [6.07, 6.45) is 1.10. The predicted octanol–water partition coefficient (Wildman–Crippen LogP) is 3.86. The fraction of sp³-hybridized carbons (Fsp3) is 0.200. The Labute approximate surface area is 97.1 Å². The third kappa shape index (κ3) is 2.86. The molecule has 2 aromatic carbocycles. The van der Waals surface area contributed by atoms with E-state index in [1.165, 1.54) is 16.8 Å². The van der Waals surface area contributed by atoms with Crippen molar-refractivity contribution in [2.24, 2.45) is 0 Å². The summed E-state index contributed by atoms with van der Waals surface area (Å²) in [5.41, 5.74) is 3.90. The minimum atomic E-state index is 0.887. The molecule has 0 unspecified atom stereocenters. The van der Waals surface area contributed by atoms with Crippen LogP contribution in [0.3, 0.4) is 0 Å². The Balaban J connectivity index is 1.99. The van der Waals surface area contributed by atoms with E-state index in [1.54, 1.807) is 0 Å². The molecule has 0 aliphatic rings. The van der Waals surface area contributed by atoms with Crippen molar-refractivity contribution in [3.8, 4) is 0 Å². The van der Waals surface area contributed by atoms with Crippen molar-refractivity contribution in [3.63, 3.8) is 0 Å². The van der Waals surface area contributed by atoms with Crippen LogP contribution in [0.25, 0.3) is 0 Å². The van der Waals surface area contributed by atoms with Crippen LogP contribution in [0.5, 0.6) is 0 Å². The molecule has 1 heteroatoms. The maximum Gasteiger partial charge on any atom is 0.0400 e. The van der Waals surface area contributed by atoms with Crippen LogP contribution in [0.4, 0.5) is 5.69 Å². The Morgan fingerprint density at radius 1 is 0.875 bits per heavy atom. The number of rotatable bonds is 4. The first-order valence-corrected chi connectivity index (χ1v) is 5.75. The molecule has 0 aliphatic heterocycles.